The lowest BCUT2D eigenvalue weighted by Gasteiger charge is -2.37. The third-order valence-corrected chi connectivity index (χ3v) is 7.91. The largest absolute Gasteiger partial charge is 0.364 e. The van der Waals surface area contributed by atoms with Crippen molar-refractivity contribution >= 4 is 34.9 Å². The highest BCUT2D eigenvalue weighted by Crippen LogP contribution is 2.37. The number of ketones is 2. The Kier molecular flexibility index (Phi) is 9.27. The Labute approximate surface area is 236 Å². The minimum atomic E-state index is -0.911. The van der Waals surface area contributed by atoms with Crippen molar-refractivity contribution in [3.8, 4) is 0 Å². The first kappa shape index (κ1) is 29.3. The van der Waals surface area contributed by atoms with Crippen molar-refractivity contribution in [1.82, 2.24) is 20.6 Å². The van der Waals surface area contributed by atoms with Crippen LogP contribution in [0.4, 0.5) is 16.2 Å². The molecule has 1 aromatic carbocycles. The number of fused-ring (bicyclic) bond motifs is 1. The summed E-state index contributed by atoms with van der Waals surface area (Å²) in [6.07, 6.45) is 9.07. The lowest BCUT2D eigenvalue weighted by molar-refractivity contribution is -0.127. The SMILES string of the molecule is CCC(=O)C(Cc1cnc[nH]1)NC(=O)N[C@@H]1CN(C2CCCCC2)c2ccccc2N(CC(=O)C(C)(C)C)C1=O. The first-order chi connectivity index (χ1) is 19.1. The maximum absolute atomic E-state index is 14.1. The maximum atomic E-state index is 14.1. The van der Waals surface area contributed by atoms with E-state index in [0.717, 1.165) is 37.1 Å². The number of carbonyl (C=O) groups excluding carboxylic acids is 4. The Balaban J connectivity index is 1.63. The summed E-state index contributed by atoms with van der Waals surface area (Å²) in [5, 5.41) is 5.66. The number of amides is 3. The molecule has 2 atom stereocenters. The molecule has 0 radical (unpaired) electrons. The molecule has 1 saturated carbocycles. The summed E-state index contributed by atoms with van der Waals surface area (Å²) in [5.41, 5.74) is 1.67. The number of para-hydroxylation sites is 2. The van der Waals surface area contributed by atoms with Gasteiger partial charge in [-0.25, -0.2) is 9.78 Å². The Hall–Kier alpha value is -3.69. The number of imidazole rings is 1. The second-order valence-corrected chi connectivity index (χ2v) is 11.9. The molecule has 1 fully saturated rings. The number of rotatable bonds is 9. The number of urea groups is 1. The predicted molar refractivity (Wildman–Crippen MR) is 154 cm³/mol. The molecule has 0 spiro atoms. The van der Waals surface area contributed by atoms with Crippen LogP contribution >= 0.6 is 0 Å². The van der Waals surface area contributed by atoms with Crippen LogP contribution in [0.5, 0.6) is 0 Å². The number of benzene rings is 1. The third-order valence-electron chi connectivity index (χ3n) is 7.91. The molecule has 40 heavy (non-hydrogen) atoms. The van der Waals surface area contributed by atoms with Crippen LogP contribution in [0.3, 0.4) is 0 Å². The zero-order valence-electron chi connectivity index (χ0n) is 24.0. The summed E-state index contributed by atoms with van der Waals surface area (Å²) in [6.45, 7) is 7.46. The van der Waals surface area contributed by atoms with Crippen LogP contribution in [0.25, 0.3) is 0 Å². The van der Waals surface area contributed by atoms with Crippen LogP contribution < -0.4 is 20.4 Å². The molecule has 0 bridgehead atoms. The number of aromatic nitrogens is 2. The number of carbonyl (C=O) groups is 4. The molecule has 1 aliphatic heterocycles. The van der Waals surface area contributed by atoms with Crippen LogP contribution in [0.15, 0.2) is 36.8 Å². The van der Waals surface area contributed by atoms with E-state index in [1.165, 1.54) is 17.6 Å². The fraction of sp³-hybridized carbons (Fsp3) is 0.567. The predicted octanol–water partition coefficient (Wildman–Crippen LogP) is 3.77. The van der Waals surface area contributed by atoms with Gasteiger partial charge < -0.3 is 25.4 Å². The Morgan fingerprint density at radius 3 is 2.42 bits per heavy atom. The van der Waals surface area contributed by atoms with Crippen molar-refractivity contribution in [2.45, 2.75) is 90.8 Å². The van der Waals surface area contributed by atoms with E-state index in [1.54, 1.807) is 13.1 Å². The second-order valence-electron chi connectivity index (χ2n) is 11.9. The normalized spacial score (nSPS) is 19.0. The lowest BCUT2D eigenvalue weighted by atomic mass is 9.90. The van der Waals surface area contributed by atoms with Gasteiger partial charge in [0.25, 0.3) is 5.91 Å². The van der Waals surface area contributed by atoms with Crippen molar-refractivity contribution < 1.29 is 19.2 Å². The van der Waals surface area contributed by atoms with Crippen molar-refractivity contribution in [2.24, 2.45) is 5.41 Å². The summed E-state index contributed by atoms with van der Waals surface area (Å²) in [6, 6.07) is 5.64. The topological polar surface area (TPSA) is 127 Å². The number of aromatic amines is 1. The number of Topliss-reactive ketones (excluding diaryl/α,β-unsaturated/α-hetero) is 2. The van der Waals surface area contributed by atoms with Gasteiger partial charge in [-0.3, -0.25) is 14.4 Å². The van der Waals surface area contributed by atoms with Gasteiger partial charge in [-0.2, -0.15) is 0 Å². The van der Waals surface area contributed by atoms with Crippen LogP contribution in [0.2, 0.25) is 0 Å². The summed E-state index contributed by atoms with van der Waals surface area (Å²) in [7, 11) is 0. The van der Waals surface area contributed by atoms with E-state index < -0.39 is 23.5 Å². The second kappa shape index (κ2) is 12.7. The van der Waals surface area contributed by atoms with E-state index in [1.807, 2.05) is 45.0 Å². The molecule has 1 unspecified atom stereocenters. The van der Waals surface area contributed by atoms with Crippen LogP contribution in [-0.2, 0) is 20.8 Å². The molecule has 0 saturated heterocycles. The zero-order chi connectivity index (χ0) is 28.9. The highest BCUT2D eigenvalue weighted by molar-refractivity contribution is 6.07. The number of nitrogens with one attached hydrogen (secondary N) is 3. The summed E-state index contributed by atoms with van der Waals surface area (Å²) in [5.74, 6) is -0.533. The van der Waals surface area contributed by atoms with Crippen molar-refractivity contribution in [1.29, 1.82) is 0 Å². The first-order valence-electron chi connectivity index (χ1n) is 14.4. The molecule has 2 aromatic rings. The van der Waals surface area contributed by atoms with Gasteiger partial charge in [-0.15, -0.1) is 0 Å². The Morgan fingerprint density at radius 2 is 1.80 bits per heavy atom. The fourth-order valence-corrected chi connectivity index (χ4v) is 5.47. The Bertz CT molecular complexity index is 1200. The van der Waals surface area contributed by atoms with E-state index in [2.05, 4.69) is 25.5 Å². The summed E-state index contributed by atoms with van der Waals surface area (Å²) in [4.78, 5) is 64.0. The molecular formula is C30H42N6O4. The number of H-pyrrole nitrogens is 1. The molecule has 10 nitrogen and oxygen atoms in total. The standard InChI is InChI=1S/C30H42N6O4/c1-5-26(37)22(15-20-16-31-19-32-20)33-29(40)34-23-17-35(21-11-7-6-8-12-21)24-13-9-10-14-25(24)36(28(23)39)18-27(38)30(2,3)4/h9-10,13-14,16,19,21-23H,5-8,11-12,15,17-18H2,1-4H3,(H,31,32)(H2,33,34,40)/t22?,23-/m1/s1. The average Bonchev–Trinajstić information content (AvgIpc) is 3.42. The third kappa shape index (κ3) is 6.89. The van der Waals surface area contributed by atoms with Crippen molar-refractivity contribution in [2.75, 3.05) is 22.9 Å². The van der Waals surface area contributed by atoms with Crippen LogP contribution in [0.1, 0.15) is 71.9 Å². The number of anilines is 2. The fourth-order valence-electron chi connectivity index (χ4n) is 5.47. The Morgan fingerprint density at radius 1 is 1.10 bits per heavy atom. The summed E-state index contributed by atoms with van der Waals surface area (Å²) >= 11 is 0. The lowest BCUT2D eigenvalue weighted by Crippen LogP contribution is -2.58. The van der Waals surface area contributed by atoms with Crippen LogP contribution in [0, 0.1) is 5.41 Å². The zero-order valence-corrected chi connectivity index (χ0v) is 24.0. The van der Waals surface area contributed by atoms with Gasteiger partial charge in [0.15, 0.2) is 11.6 Å². The molecular weight excluding hydrogens is 508 g/mol. The molecule has 3 amide bonds. The molecule has 2 heterocycles. The quantitative estimate of drug-likeness (QED) is 0.436. The number of hydrogen-bond donors (Lipinski definition) is 3. The molecule has 3 N–H and O–H groups in total. The molecule has 10 heteroatoms. The van der Waals surface area contributed by atoms with Crippen LogP contribution in [-0.4, -0.2) is 64.7 Å². The molecule has 4 rings (SSSR count). The van der Waals surface area contributed by atoms with Crippen molar-refractivity contribution in [3.05, 3.63) is 42.5 Å². The minimum Gasteiger partial charge on any atom is -0.364 e. The molecule has 2 aliphatic rings. The van der Waals surface area contributed by atoms with Crippen molar-refractivity contribution in [3.63, 3.8) is 0 Å². The average molecular weight is 551 g/mol. The molecule has 1 aromatic heterocycles. The first-order valence-corrected chi connectivity index (χ1v) is 14.4. The van der Waals surface area contributed by atoms with E-state index in [4.69, 9.17) is 0 Å². The van der Waals surface area contributed by atoms with Gasteiger partial charge in [0.2, 0.25) is 0 Å². The highest BCUT2D eigenvalue weighted by atomic mass is 16.2. The highest BCUT2D eigenvalue weighted by Gasteiger charge is 2.39. The van der Waals surface area contributed by atoms with Gasteiger partial charge in [0.1, 0.15) is 6.04 Å². The smallest absolute Gasteiger partial charge is 0.316 e. The molecule has 1 aliphatic carbocycles. The summed E-state index contributed by atoms with van der Waals surface area (Å²) < 4.78 is 0. The van der Waals surface area contributed by atoms with Gasteiger partial charge >= 0.3 is 6.03 Å². The minimum absolute atomic E-state index is 0.0712. The number of nitrogens with zero attached hydrogens (tertiary/aromatic N) is 3. The van der Waals surface area contributed by atoms with Gasteiger partial charge in [-0.05, 0) is 25.0 Å². The van der Waals surface area contributed by atoms with Gasteiger partial charge in [0, 0.05) is 42.7 Å². The van der Waals surface area contributed by atoms with Gasteiger partial charge in [-0.1, -0.05) is 59.1 Å². The van der Waals surface area contributed by atoms with E-state index in [-0.39, 0.29) is 49.4 Å². The molecule has 216 valence electrons. The van der Waals surface area contributed by atoms with Gasteiger partial charge in [0.05, 0.1) is 30.3 Å². The van der Waals surface area contributed by atoms with E-state index in [0.29, 0.717) is 5.69 Å². The number of hydrogen-bond acceptors (Lipinski definition) is 6. The monoisotopic (exact) mass is 550 g/mol. The maximum Gasteiger partial charge on any atom is 0.316 e. The van der Waals surface area contributed by atoms with E-state index in [9.17, 15) is 19.2 Å². The van der Waals surface area contributed by atoms with E-state index >= 15 is 0 Å².